The van der Waals surface area contributed by atoms with Gasteiger partial charge >= 0.3 is 0 Å². The molecule has 0 atom stereocenters. The SMILES string of the molecule is COc1ccc(-c2noc(CCNS(=O)(=O)c3ccc(C)c(C)c3)n2)cc1. The average molecular weight is 387 g/mol. The van der Waals surface area contributed by atoms with E-state index in [4.69, 9.17) is 9.26 Å². The molecular formula is C19H21N3O4S. The van der Waals surface area contributed by atoms with Crippen LogP contribution in [0.2, 0.25) is 0 Å². The Hall–Kier alpha value is -2.71. The van der Waals surface area contributed by atoms with Crippen LogP contribution in [-0.2, 0) is 16.4 Å². The molecular weight excluding hydrogens is 366 g/mol. The second-order valence-corrected chi connectivity index (χ2v) is 7.90. The smallest absolute Gasteiger partial charge is 0.240 e. The Morgan fingerprint density at radius 3 is 2.48 bits per heavy atom. The highest BCUT2D eigenvalue weighted by molar-refractivity contribution is 7.89. The van der Waals surface area contributed by atoms with Gasteiger partial charge in [0.15, 0.2) is 0 Å². The molecule has 0 unspecified atom stereocenters. The molecule has 0 bridgehead atoms. The van der Waals surface area contributed by atoms with E-state index < -0.39 is 10.0 Å². The highest BCUT2D eigenvalue weighted by Gasteiger charge is 2.15. The molecule has 142 valence electrons. The second kappa shape index (κ2) is 7.89. The van der Waals surface area contributed by atoms with Crippen molar-refractivity contribution in [2.24, 2.45) is 0 Å². The lowest BCUT2D eigenvalue weighted by Crippen LogP contribution is -2.26. The van der Waals surface area contributed by atoms with E-state index in [-0.39, 0.29) is 11.4 Å². The first kappa shape index (κ1) is 19.1. The van der Waals surface area contributed by atoms with Crippen LogP contribution in [0.15, 0.2) is 51.9 Å². The predicted molar refractivity (Wildman–Crippen MR) is 101 cm³/mol. The molecule has 8 heteroatoms. The number of aromatic nitrogens is 2. The zero-order valence-electron chi connectivity index (χ0n) is 15.4. The molecule has 0 amide bonds. The Labute approximate surface area is 158 Å². The molecule has 27 heavy (non-hydrogen) atoms. The number of benzene rings is 2. The lowest BCUT2D eigenvalue weighted by molar-refractivity contribution is 0.379. The summed E-state index contributed by atoms with van der Waals surface area (Å²) in [6, 6.07) is 12.3. The third-order valence-electron chi connectivity index (χ3n) is 4.24. The number of ether oxygens (including phenoxy) is 1. The number of sulfonamides is 1. The van der Waals surface area contributed by atoms with Crippen LogP contribution in [0.1, 0.15) is 17.0 Å². The summed E-state index contributed by atoms with van der Waals surface area (Å²) in [6.45, 7) is 3.99. The van der Waals surface area contributed by atoms with Gasteiger partial charge in [-0.25, -0.2) is 13.1 Å². The van der Waals surface area contributed by atoms with Crippen molar-refractivity contribution in [2.45, 2.75) is 25.2 Å². The Balaban J connectivity index is 1.62. The van der Waals surface area contributed by atoms with Gasteiger partial charge in [-0.05, 0) is 61.4 Å². The van der Waals surface area contributed by atoms with Crippen LogP contribution in [0.3, 0.4) is 0 Å². The van der Waals surface area contributed by atoms with Crippen molar-refractivity contribution in [3.63, 3.8) is 0 Å². The fourth-order valence-electron chi connectivity index (χ4n) is 2.47. The number of nitrogens with zero attached hydrogens (tertiary/aromatic N) is 2. The summed E-state index contributed by atoms with van der Waals surface area (Å²) >= 11 is 0. The summed E-state index contributed by atoms with van der Waals surface area (Å²) in [5.74, 6) is 1.55. The summed E-state index contributed by atoms with van der Waals surface area (Å²) in [7, 11) is -1.98. The van der Waals surface area contributed by atoms with E-state index in [2.05, 4.69) is 14.9 Å². The van der Waals surface area contributed by atoms with Crippen LogP contribution in [-0.4, -0.2) is 32.2 Å². The van der Waals surface area contributed by atoms with Gasteiger partial charge in [0, 0.05) is 18.5 Å². The fraction of sp³-hybridized carbons (Fsp3) is 0.263. The standard InChI is InChI=1S/C19H21N3O4S/c1-13-4-9-17(12-14(13)2)27(23,24)20-11-10-18-21-19(22-26-18)15-5-7-16(25-3)8-6-15/h4-9,12,20H,10-11H2,1-3H3. The predicted octanol–water partition coefficient (Wildman–Crippen LogP) is 2.88. The zero-order chi connectivity index (χ0) is 19.4. The van der Waals surface area contributed by atoms with Crippen molar-refractivity contribution in [1.82, 2.24) is 14.9 Å². The van der Waals surface area contributed by atoms with Gasteiger partial charge in [0.05, 0.1) is 12.0 Å². The average Bonchev–Trinajstić information content (AvgIpc) is 3.12. The van der Waals surface area contributed by atoms with Crippen LogP contribution in [0.4, 0.5) is 0 Å². The molecule has 7 nitrogen and oxygen atoms in total. The van der Waals surface area contributed by atoms with E-state index in [0.29, 0.717) is 18.1 Å². The molecule has 3 rings (SSSR count). The maximum Gasteiger partial charge on any atom is 0.240 e. The van der Waals surface area contributed by atoms with Crippen LogP contribution >= 0.6 is 0 Å². The van der Waals surface area contributed by atoms with Gasteiger partial charge < -0.3 is 9.26 Å². The van der Waals surface area contributed by atoms with Crippen LogP contribution in [0.25, 0.3) is 11.4 Å². The first-order chi connectivity index (χ1) is 12.9. The third kappa shape index (κ3) is 4.53. The highest BCUT2D eigenvalue weighted by atomic mass is 32.2. The first-order valence-electron chi connectivity index (χ1n) is 8.43. The van der Waals surface area contributed by atoms with Crippen molar-refractivity contribution < 1.29 is 17.7 Å². The minimum Gasteiger partial charge on any atom is -0.497 e. The molecule has 1 N–H and O–H groups in total. The Bertz CT molecular complexity index is 1030. The van der Waals surface area contributed by atoms with Crippen LogP contribution < -0.4 is 9.46 Å². The molecule has 0 radical (unpaired) electrons. The van der Waals surface area contributed by atoms with E-state index in [1.807, 2.05) is 38.1 Å². The molecule has 2 aromatic carbocycles. The van der Waals surface area contributed by atoms with Crippen molar-refractivity contribution >= 4 is 10.0 Å². The topological polar surface area (TPSA) is 94.3 Å². The summed E-state index contributed by atoms with van der Waals surface area (Å²) < 4.78 is 37.6. The molecule has 1 heterocycles. The number of nitrogens with one attached hydrogen (secondary N) is 1. The number of hydrogen-bond acceptors (Lipinski definition) is 6. The number of rotatable bonds is 7. The third-order valence-corrected chi connectivity index (χ3v) is 5.69. The fourth-order valence-corrected chi connectivity index (χ4v) is 3.59. The van der Waals surface area contributed by atoms with E-state index in [0.717, 1.165) is 22.4 Å². The monoisotopic (exact) mass is 387 g/mol. The maximum atomic E-state index is 12.4. The van der Waals surface area contributed by atoms with Gasteiger partial charge in [0.1, 0.15) is 5.75 Å². The van der Waals surface area contributed by atoms with E-state index in [9.17, 15) is 8.42 Å². The molecule has 0 saturated heterocycles. The zero-order valence-corrected chi connectivity index (χ0v) is 16.2. The molecule has 0 aliphatic carbocycles. The van der Waals surface area contributed by atoms with Crippen LogP contribution in [0, 0.1) is 13.8 Å². The number of hydrogen-bond donors (Lipinski definition) is 1. The summed E-state index contributed by atoms with van der Waals surface area (Å²) in [4.78, 5) is 4.55. The van der Waals surface area contributed by atoms with Gasteiger partial charge in [0.25, 0.3) is 0 Å². The van der Waals surface area contributed by atoms with Gasteiger partial charge in [-0.3, -0.25) is 0 Å². The minimum absolute atomic E-state index is 0.166. The minimum atomic E-state index is -3.58. The van der Waals surface area contributed by atoms with E-state index in [1.54, 1.807) is 25.3 Å². The summed E-state index contributed by atoms with van der Waals surface area (Å²) in [5.41, 5.74) is 2.77. The van der Waals surface area contributed by atoms with Gasteiger partial charge in [0.2, 0.25) is 21.7 Å². The molecule has 0 aliphatic rings. The van der Waals surface area contributed by atoms with E-state index in [1.165, 1.54) is 0 Å². The van der Waals surface area contributed by atoms with Crippen molar-refractivity contribution in [3.05, 3.63) is 59.5 Å². The maximum absolute atomic E-state index is 12.4. The van der Waals surface area contributed by atoms with Crippen molar-refractivity contribution in [1.29, 1.82) is 0 Å². The normalized spacial score (nSPS) is 11.5. The van der Waals surface area contributed by atoms with E-state index >= 15 is 0 Å². The Morgan fingerprint density at radius 1 is 1.07 bits per heavy atom. The Kier molecular flexibility index (Phi) is 5.57. The molecule has 3 aromatic rings. The van der Waals surface area contributed by atoms with Gasteiger partial charge in [-0.15, -0.1) is 0 Å². The first-order valence-corrected chi connectivity index (χ1v) is 9.91. The molecule has 1 aromatic heterocycles. The quantitative estimate of drug-likeness (QED) is 0.670. The number of methoxy groups -OCH3 is 1. The lowest BCUT2D eigenvalue weighted by atomic mass is 10.1. The van der Waals surface area contributed by atoms with Crippen molar-refractivity contribution in [3.8, 4) is 17.1 Å². The van der Waals surface area contributed by atoms with Crippen LogP contribution in [0.5, 0.6) is 5.75 Å². The summed E-state index contributed by atoms with van der Waals surface area (Å²) in [5, 5.41) is 3.93. The number of aryl methyl sites for hydroxylation is 2. The second-order valence-electron chi connectivity index (χ2n) is 6.13. The molecule has 0 fully saturated rings. The molecule has 0 aliphatic heterocycles. The highest BCUT2D eigenvalue weighted by Crippen LogP contribution is 2.20. The van der Waals surface area contributed by atoms with Gasteiger partial charge in [-0.1, -0.05) is 11.2 Å². The summed E-state index contributed by atoms with van der Waals surface area (Å²) in [6.07, 6.45) is 0.299. The largest absolute Gasteiger partial charge is 0.497 e. The van der Waals surface area contributed by atoms with Gasteiger partial charge in [-0.2, -0.15) is 4.98 Å². The Morgan fingerprint density at radius 2 is 1.81 bits per heavy atom. The van der Waals surface area contributed by atoms with Crippen molar-refractivity contribution in [2.75, 3.05) is 13.7 Å². The molecule has 0 saturated carbocycles. The molecule has 0 spiro atoms. The lowest BCUT2D eigenvalue weighted by Gasteiger charge is -2.07.